The van der Waals surface area contributed by atoms with Crippen LogP contribution in [0.15, 0.2) is 22.7 Å². The Morgan fingerprint density at radius 1 is 1.50 bits per heavy atom. The Morgan fingerprint density at radius 3 is 2.93 bits per heavy atom. The number of aliphatic hydroxyl groups is 1. The van der Waals surface area contributed by atoms with Crippen LogP contribution in [0.1, 0.15) is 31.9 Å². The predicted molar refractivity (Wildman–Crippen MR) is 58.4 cm³/mol. The highest BCUT2D eigenvalue weighted by molar-refractivity contribution is 9.10. The quantitative estimate of drug-likeness (QED) is 0.774. The molecule has 1 aliphatic rings. The van der Waals surface area contributed by atoms with Crippen molar-refractivity contribution in [1.29, 1.82) is 0 Å². The van der Waals surface area contributed by atoms with Crippen molar-refractivity contribution >= 4 is 15.9 Å². The Hall–Kier alpha value is -0.540. The first-order valence-corrected chi connectivity index (χ1v) is 5.44. The monoisotopic (exact) mass is 256 g/mol. The molecule has 0 unspecified atom stereocenters. The van der Waals surface area contributed by atoms with Crippen molar-refractivity contribution in [2.75, 3.05) is 0 Å². The molecule has 0 aliphatic carbocycles. The highest BCUT2D eigenvalue weighted by Crippen LogP contribution is 2.40. The van der Waals surface area contributed by atoms with E-state index in [-0.39, 0.29) is 5.60 Å². The summed E-state index contributed by atoms with van der Waals surface area (Å²) in [7, 11) is 0. The zero-order chi connectivity index (χ0) is 10.3. The van der Waals surface area contributed by atoms with Crippen LogP contribution < -0.4 is 4.74 Å². The van der Waals surface area contributed by atoms with Crippen molar-refractivity contribution in [3.63, 3.8) is 0 Å². The minimum absolute atomic E-state index is 0.285. The molecule has 1 N–H and O–H groups in total. The van der Waals surface area contributed by atoms with Gasteiger partial charge in [-0.05, 0) is 26.0 Å². The van der Waals surface area contributed by atoms with Crippen LogP contribution in [0.5, 0.6) is 5.75 Å². The summed E-state index contributed by atoms with van der Waals surface area (Å²) < 4.78 is 6.75. The average Bonchev–Trinajstić information content (AvgIpc) is 2.00. The molecule has 0 aromatic heterocycles. The first-order chi connectivity index (χ1) is 6.48. The third-order valence-electron chi connectivity index (χ3n) is 2.41. The second kappa shape index (κ2) is 3.24. The molecule has 3 heteroatoms. The van der Waals surface area contributed by atoms with E-state index >= 15 is 0 Å². The van der Waals surface area contributed by atoms with Gasteiger partial charge in [-0.25, -0.2) is 0 Å². The Balaban J connectivity index is 2.46. The second-order valence-electron chi connectivity index (χ2n) is 4.26. The van der Waals surface area contributed by atoms with Gasteiger partial charge < -0.3 is 9.84 Å². The Labute approximate surface area is 92.0 Å². The number of fused-ring (bicyclic) bond motifs is 1. The third-order valence-corrected chi connectivity index (χ3v) is 2.90. The van der Waals surface area contributed by atoms with Crippen molar-refractivity contribution in [1.82, 2.24) is 0 Å². The summed E-state index contributed by atoms with van der Waals surface area (Å²) >= 11 is 3.39. The molecule has 0 saturated heterocycles. The van der Waals surface area contributed by atoms with Gasteiger partial charge in [-0.2, -0.15) is 0 Å². The van der Waals surface area contributed by atoms with Gasteiger partial charge in [0, 0.05) is 16.5 Å². The molecule has 1 aromatic rings. The van der Waals surface area contributed by atoms with E-state index in [4.69, 9.17) is 4.74 Å². The third kappa shape index (κ3) is 1.79. The molecule has 0 bridgehead atoms. The van der Waals surface area contributed by atoms with E-state index in [0.29, 0.717) is 6.42 Å². The fraction of sp³-hybridized carbons (Fsp3) is 0.455. The maximum atomic E-state index is 9.89. The van der Waals surface area contributed by atoms with Gasteiger partial charge in [0.15, 0.2) is 0 Å². The summed E-state index contributed by atoms with van der Waals surface area (Å²) in [6, 6.07) is 5.72. The maximum absolute atomic E-state index is 9.89. The molecule has 0 saturated carbocycles. The molecule has 1 aliphatic heterocycles. The van der Waals surface area contributed by atoms with Crippen LogP contribution in [0.3, 0.4) is 0 Å². The molecule has 1 heterocycles. The zero-order valence-electron chi connectivity index (χ0n) is 8.25. The smallest absolute Gasteiger partial charge is 0.127 e. The lowest BCUT2D eigenvalue weighted by molar-refractivity contribution is 0.0115. The Morgan fingerprint density at radius 2 is 2.21 bits per heavy atom. The number of ether oxygens (including phenoxy) is 1. The highest BCUT2D eigenvalue weighted by atomic mass is 79.9. The lowest BCUT2D eigenvalue weighted by atomic mass is 9.92. The lowest BCUT2D eigenvalue weighted by Gasteiger charge is -2.35. The fourth-order valence-corrected chi connectivity index (χ4v) is 2.13. The molecule has 14 heavy (non-hydrogen) atoms. The normalized spacial score (nSPS) is 23.9. The van der Waals surface area contributed by atoms with Crippen molar-refractivity contribution in [3.05, 3.63) is 28.2 Å². The van der Waals surface area contributed by atoms with Gasteiger partial charge in [0.1, 0.15) is 11.4 Å². The molecule has 0 amide bonds. The van der Waals surface area contributed by atoms with Gasteiger partial charge in [-0.3, -0.25) is 0 Å². The van der Waals surface area contributed by atoms with Crippen LogP contribution in [0.4, 0.5) is 0 Å². The first-order valence-electron chi connectivity index (χ1n) is 4.64. The minimum Gasteiger partial charge on any atom is -0.487 e. The molecule has 76 valence electrons. The molecule has 2 rings (SSSR count). The highest BCUT2D eigenvalue weighted by Gasteiger charge is 2.32. The SMILES string of the molecule is CC1(C)C[C@@H](O)c2ccc(Br)cc2O1. The van der Waals surface area contributed by atoms with Crippen molar-refractivity contribution < 1.29 is 9.84 Å². The molecule has 1 aromatic carbocycles. The number of hydrogen-bond donors (Lipinski definition) is 1. The maximum Gasteiger partial charge on any atom is 0.127 e. The van der Waals surface area contributed by atoms with E-state index in [2.05, 4.69) is 15.9 Å². The van der Waals surface area contributed by atoms with E-state index < -0.39 is 6.10 Å². The number of aliphatic hydroxyl groups excluding tert-OH is 1. The number of benzene rings is 1. The Bertz CT molecular complexity index is 360. The van der Waals surface area contributed by atoms with Gasteiger partial charge in [-0.15, -0.1) is 0 Å². The van der Waals surface area contributed by atoms with Crippen LogP contribution in [0.2, 0.25) is 0 Å². The Kier molecular flexibility index (Phi) is 2.32. The second-order valence-corrected chi connectivity index (χ2v) is 5.18. The van der Waals surface area contributed by atoms with Gasteiger partial charge in [0.25, 0.3) is 0 Å². The molecule has 1 atom stereocenters. The lowest BCUT2D eigenvalue weighted by Crippen LogP contribution is -2.34. The molecular weight excluding hydrogens is 244 g/mol. The summed E-state index contributed by atoms with van der Waals surface area (Å²) in [6.45, 7) is 3.97. The summed E-state index contributed by atoms with van der Waals surface area (Å²) in [5.74, 6) is 0.781. The number of hydrogen-bond acceptors (Lipinski definition) is 2. The number of rotatable bonds is 0. The van der Waals surface area contributed by atoms with Crippen molar-refractivity contribution in [2.24, 2.45) is 0 Å². The van der Waals surface area contributed by atoms with E-state index in [1.54, 1.807) is 0 Å². The van der Waals surface area contributed by atoms with Gasteiger partial charge in [-0.1, -0.05) is 22.0 Å². The van der Waals surface area contributed by atoms with E-state index in [0.717, 1.165) is 15.8 Å². The standard InChI is InChI=1S/C11H13BrO2/c1-11(2)6-9(13)8-4-3-7(12)5-10(8)14-11/h3-5,9,13H,6H2,1-2H3/t9-/m1/s1. The van der Waals surface area contributed by atoms with Crippen molar-refractivity contribution in [2.45, 2.75) is 32.0 Å². The van der Waals surface area contributed by atoms with Crippen LogP contribution in [0, 0.1) is 0 Å². The van der Waals surface area contributed by atoms with E-state index in [1.807, 2.05) is 32.0 Å². The average molecular weight is 257 g/mol. The van der Waals surface area contributed by atoms with Crippen LogP contribution >= 0.6 is 15.9 Å². The summed E-state index contributed by atoms with van der Waals surface area (Å²) in [5.41, 5.74) is 0.597. The molecule has 0 fully saturated rings. The molecule has 0 spiro atoms. The topological polar surface area (TPSA) is 29.5 Å². The van der Waals surface area contributed by atoms with Gasteiger partial charge >= 0.3 is 0 Å². The van der Waals surface area contributed by atoms with Gasteiger partial charge in [0.2, 0.25) is 0 Å². The predicted octanol–water partition coefficient (Wildman–Crippen LogP) is 3.04. The minimum atomic E-state index is -0.415. The number of halogens is 1. The molecule has 2 nitrogen and oxygen atoms in total. The first kappa shape index (κ1) is 9.99. The molecular formula is C11H13BrO2. The fourth-order valence-electron chi connectivity index (χ4n) is 1.79. The largest absolute Gasteiger partial charge is 0.487 e. The van der Waals surface area contributed by atoms with Crippen LogP contribution in [-0.2, 0) is 0 Å². The van der Waals surface area contributed by atoms with Crippen LogP contribution in [-0.4, -0.2) is 10.7 Å². The molecule has 0 radical (unpaired) electrons. The van der Waals surface area contributed by atoms with E-state index in [1.165, 1.54) is 0 Å². The zero-order valence-corrected chi connectivity index (χ0v) is 9.84. The van der Waals surface area contributed by atoms with Gasteiger partial charge in [0.05, 0.1) is 6.10 Å². The summed E-state index contributed by atoms with van der Waals surface area (Å²) in [5, 5.41) is 9.89. The van der Waals surface area contributed by atoms with Crippen molar-refractivity contribution in [3.8, 4) is 5.75 Å². The summed E-state index contributed by atoms with van der Waals surface area (Å²) in [4.78, 5) is 0. The van der Waals surface area contributed by atoms with Crippen LogP contribution in [0.25, 0.3) is 0 Å². The summed E-state index contributed by atoms with van der Waals surface area (Å²) in [6.07, 6.45) is 0.226. The van der Waals surface area contributed by atoms with E-state index in [9.17, 15) is 5.11 Å².